The van der Waals surface area contributed by atoms with Gasteiger partial charge in [-0.25, -0.2) is 4.99 Å². The third kappa shape index (κ3) is 5.34. The van der Waals surface area contributed by atoms with Gasteiger partial charge in [-0.1, -0.05) is 29.4 Å². The zero-order valence-corrected chi connectivity index (χ0v) is 17.5. The van der Waals surface area contributed by atoms with E-state index in [4.69, 9.17) is 11.6 Å². The van der Waals surface area contributed by atoms with E-state index >= 15 is 0 Å². The number of hydrogen-bond acceptors (Lipinski definition) is 4. The molecule has 0 aromatic heterocycles. The highest BCUT2D eigenvalue weighted by Gasteiger charge is 2.34. The summed E-state index contributed by atoms with van der Waals surface area (Å²) in [5, 5.41) is 4.17. The molecule has 1 saturated heterocycles. The number of halogens is 4. The highest BCUT2D eigenvalue weighted by Crippen LogP contribution is 2.36. The van der Waals surface area contributed by atoms with Crippen molar-refractivity contribution in [2.75, 3.05) is 5.32 Å². The van der Waals surface area contributed by atoms with E-state index in [-0.39, 0.29) is 18.0 Å². The van der Waals surface area contributed by atoms with Crippen LogP contribution in [0.25, 0.3) is 0 Å². The maximum absolute atomic E-state index is 12.9. The molecule has 158 valence electrons. The number of rotatable bonds is 4. The zero-order chi connectivity index (χ0) is 22.1. The Hall–Kier alpha value is -2.52. The predicted molar refractivity (Wildman–Crippen MR) is 112 cm³/mol. The molecule has 10 heteroatoms. The summed E-state index contributed by atoms with van der Waals surface area (Å²) in [6, 6.07) is 8.71. The first kappa shape index (κ1) is 22.2. The monoisotopic (exact) mass is 455 g/mol. The molecule has 0 aliphatic carbocycles. The van der Waals surface area contributed by atoms with Crippen LogP contribution in [0.4, 0.5) is 24.5 Å². The Bertz CT molecular complexity index is 1040. The first-order chi connectivity index (χ1) is 14.0. The van der Waals surface area contributed by atoms with Crippen molar-refractivity contribution < 1.29 is 22.8 Å². The lowest BCUT2D eigenvalue weighted by molar-refractivity contribution is -0.137. The number of alkyl halides is 3. The van der Waals surface area contributed by atoms with Crippen molar-refractivity contribution >= 4 is 51.7 Å². The van der Waals surface area contributed by atoms with Crippen LogP contribution >= 0.6 is 23.4 Å². The molecule has 2 N–H and O–H groups in total. The van der Waals surface area contributed by atoms with Crippen LogP contribution in [-0.4, -0.2) is 22.2 Å². The quantitative estimate of drug-likeness (QED) is 0.663. The lowest BCUT2D eigenvalue weighted by atomic mass is 10.1. The molecule has 1 aliphatic heterocycles. The fourth-order valence-electron chi connectivity index (χ4n) is 2.71. The van der Waals surface area contributed by atoms with Crippen LogP contribution in [0.2, 0.25) is 5.02 Å². The molecule has 0 radical (unpaired) electrons. The number of nitrogens with one attached hydrogen (secondary N) is 2. The maximum Gasteiger partial charge on any atom is 0.417 e. The molecule has 0 bridgehead atoms. The summed E-state index contributed by atoms with van der Waals surface area (Å²) in [6.45, 7) is 3.93. The van der Waals surface area contributed by atoms with Gasteiger partial charge in [0.05, 0.1) is 16.3 Å². The lowest BCUT2D eigenvalue weighted by Crippen LogP contribution is -2.28. The van der Waals surface area contributed by atoms with Crippen LogP contribution in [0.15, 0.2) is 41.4 Å². The SMILES string of the molecule is Cc1ccc(N=C2NC(=O)[C@@H](CC(=O)Nc3ccc(Cl)c(C(F)(F)F)c3)S2)cc1C. The van der Waals surface area contributed by atoms with Gasteiger partial charge in [0, 0.05) is 12.1 Å². The van der Waals surface area contributed by atoms with Crippen molar-refractivity contribution in [1.82, 2.24) is 5.32 Å². The van der Waals surface area contributed by atoms with Crippen molar-refractivity contribution in [3.8, 4) is 0 Å². The summed E-state index contributed by atoms with van der Waals surface area (Å²) < 4.78 is 38.8. The summed E-state index contributed by atoms with van der Waals surface area (Å²) in [5.41, 5.74) is 1.75. The normalized spacial score (nSPS) is 17.9. The number of carbonyl (C=O) groups excluding carboxylic acids is 2. The van der Waals surface area contributed by atoms with Gasteiger partial charge < -0.3 is 10.6 Å². The number of benzene rings is 2. The van der Waals surface area contributed by atoms with Gasteiger partial charge in [-0.05, 0) is 55.3 Å². The van der Waals surface area contributed by atoms with E-state index in [9.17, 15) is 22.8 Å². The number of aliphatic imine (C=N–C) groups is 1. The molecular weight excluding hydrogens is 439 g/mol. The molecule has 0 saturated carbocycles. The molecule has 1 heterocycles. The van der Waals surface area contributed by atoms with Gasteiger partial charge in [0.15, 0.2) is 5.17 Å². The van der Waals surface area contributed by atoms with Gasteiger partial charge in [-0.3, -0.25) is 9.59 Å². The highest BCUT2D eigenvalue weighted by molar-refractivity contribution is 8.15. The van der Waals surface area contributed by atoms with Gasteiger partial charge in [-0.15, -0.1) is 0 Å². The highest BCUT2D eigenvalue weighted by atomic mass is 35.5. The van der Waals surface area contributed by atoms with Crippen LogP contribution in [0.5, 0.6) is 0 Å². The third-order valence-electron chi connectivity index (χ3n) is 4.42. The Labute approximate surface area is 180 Å². The molecule has 2 aromatic rings. The van der Waals surface area contributed by atoms with Crippen molar-refractivity contribution in [2.45, 2.75) is 31.7 Å². The number of hydrogen-bond donors (Lipinski definition) is 2. The minimum absolute atomic E-state index is 0.0517. The van der Waals surface area contributed by atoms with Gasteiger partial charge >= 0.3 is 6.18 Å². The topological polar surface area (TPSA) is 70.6 Å². The van der Waals surface area contributed by atoms with Crippen molar-refractivity contribution in [3.05, 3.63) is 58.1 Å². The number of aryl methyl sites for hydroxylation is 2. The standard InChI is InChI=1S/C20H17ClF3N3O2S/c1-10-3-4-12(7-11(10)2)26-19-27-18(29)16(30-19)9-17(28)25-13-5-6-15(21)14(8-13)20(22,23)24/h3-8,16H,9H2,1-2H3,(H,25,28)(H,26,27,29)/t16-/m1/s1. The maximum atomic E-state index is 12.9. The number of amides is 2. The molecule has 1 aliphatic rings. The molecular formula is C20H17ClF3N3O2S. The Morgan fingerprint density at radius 3 is 2.60 bits per heavy atom. The molecule has 0 spiro atoms. The van der Waals surface area contributed by atoms with Crippen molar-refractivity contribution in [1.29, 1.82) is 0 Å². The van der Waals surface area contributed by atoms with Crippen LogP contribution in [-0.2, 0) is 15.8 Å². The lowest BCUT2D eigenvalue weighted by Gasteiger charge is -2.12. The van der Waals surface area contributed by atoms with Gasteiger partial charge in [0.1, 0.15) is 5.25 Å². The van der Waals surface area contributed by atoms with Gasteiger partial charge in [0.2, 0.25) is 11.8 Å². The van der Waals surface area contributed by atoms with Crippen LogP contribution in [0.1, 0.15) is 23.1 Å². The molecule has 1 atom stereocenters. The van der Waals surface area contributed by atoms with Crippen LogP contribution in [0.3, 0.4) is 0 Å². The second-order valence-electron chi connectivity index (χ2n) is 6.73. The predicted octanol–water partition coefficient (Wildman–Crippen LogP) is 5.22. The number of nitrogens with zero attached hydrogens (tertiary/aromatic N) is 1. The summed E-state index contributed by atoms with van der Waals surface area (Å²) in [7, 11) is 0. The van der Waals surface area contributed by atoms with E-state index in [1.807, 2.05) is 32.0 Å². The average Bonchev–Trinajstić information content (AvgIpc) is 2.97. The Kier molecular flexibility index (Phi) is 6.42. The van der Waals surface area contributed by atoms with Gasteiger partial charge in [-0.2, -0.15) is 13.2 Å². The summed E-state index contributed by atoms with van der Waals surface area (Å²) in [6.07, 6.45) is -4.86. The van der Waals surface area contributed by atoms with Crippen molar-refractivity contribution in [2.24, 2.45) is 4.99 Å². The number of carbonyl (C=O) groups is 2. The first-order valence-corrected chi connectivity index (χ1v) is 10.1. The molecule has 2 amide bonds. The molecule has 5 nitrogen and oxygen atoms in total. The molecule has 30 heavy (non-hydrogen) atoms. The van der Waals surface area contributed by atoms with E-state index < -0.39 is 27.9 Å². The smallest absolute Gasteiger partial charge is 0.326 e. The first-order valence-electron chi connectivity index (χ1n) is 8.83. The van der Waals surface area contributed by atoms with E-state index in [0.29, 0.717) is 10.9 Å². The fourth-order valence-corrected chi connectivity index (χ4v) is 3.92. The number of thioether (sulfide) groups is 1. The van der Waals surface area contributed by atoms with Gasteiger partial charge in [0.25, 0.3) is 0 Å². The fraction of sp³-hybridized carbons (Fsp3) is 0.250. The summed E-state index contributed by atoms with van der Waals surface area (Å²) in [5.74, 6) is -0.977. The average molecular weight is 456 g/mol. The van der Waals surface area contributed by atoms with E-state index in [1.165, 1.54) is 6.07 Å². The third-order valence-corrected chi connectivity index (χ3v) is 5.84. The molecule has 3 rings (SSSR count). The van der Waals surface area contributed by atoms with Crippen molar-refractivity contribution in [3.63, 3.8) is 0 Å². The summed E-state index contributed by atoms with van der Waals surface area (Å²) in [4.78, 5) is 28.8. The molecule has 1 fully saturated rings. The minimum atomic E-state index is -4.64. The Morgan fingerprint density at radius 2 is 1.93 bits per heavy atom. The Balaban J connectivity index is 1.65. The zero-order valence-electron chi connectivity index (χ0n) is 15.9. The second-order valence-corrected chi connectivity index (χ2v) is 8.32. The number of amidine groups is 1. The summed E-state index contributed by atoms with van der Waals surface area (Å²) >= 11 is 6.67. The molecule has 0 unspecified atom stereocenters. The molecule has 2 aromatic carbocycles. The van der Waals surface area contributed by atoms with E-state index in [2.05, 4.69) is 15.6 Å². The number of anilines is 1. The largest absolute Gasteiger partial charge is 0.417 e. The second kappa shape index (κ2) is 8.69. The minimum Gasteiger partial charge on any atom is -0.326 e. The Morgan fingerprint density at radius 1 is 1.20 bits per heavy atom. The van der Waals surface area contributed by atoms with Crippen LogP contribution in [0, 0.1) is 13.8 Å². The van der Waals surface area contributed by atoms with Crippen LogP contribution < -0.4 is 10.6 Å². The van der Waals surface area contributed by atoms with E-state index in [0.717, 1.165) is 35.0 Å². The van der Waals surface area contributed by atoms with E-state index in [1.54, 1.807) is 0 Å².